The van der Waals surface area contributed by atoms with Gasteiger partial charge in [0, 0.05) is 19.5 Å². The zero-order valence-electron chi connectivity index (χ0n) is 8.71. The molecule has 1 aliphatic heterocycles. The van der Waals surface area contributed by atoms with Crippen LogP contribution in [0.1, 0.15) is 38.5 Å². The van der Waals surface area contributed by atoms with Crippen LogP contribution in [0.2, 0.25) is 0 Å². The Balaban J connectivity index is 1.66. The minimum atomic E-state index is -0.0297. The molecule has 3 nitrogen and oxygen atoms in total. The lowest BCUT2D eigenvalue weighted by molar-refractivity contribution is 0.0449. The third-order valence-corrected chi connectivity index (χ3v) is 3.18. The monoisotopic (exact) mass is 196 g/mol. The van der Waals surface area contributed by atoms with E-state index in [0.29, 0.717) is 5.92 Å². The Morgan fingerprint density at radius 1 is 1.29 bits per heavy atom. The van der Waals surface area contributed by atoms with E-state index >= 15 is 0 Å². The van der Waals surface area contributed by atoms with E-state index in [2.05, 4.69) is 10.3 Å². The number of nitrogens with one attached hydrogen (secondary N) is 1. The third kappa shape index (κ3) is 2.71. The second-order valence-corrected chi connectivity index (χ2v) is 4.51. The van der Waals surface area contributed by atoms with Crippen LogP contribution < -0.4 is 5.32 Å². The molecule has 0 aromatic heterocycles. The number of amidine groups is 1. The summed E-state index contributed by atoms with van der Waals surface area (Å²) in [6, 6.07) is 0. The lowest BCUT2D eigenvalue weighted by Gasteiger charge is -2.31. The fraction of sp³-hybridized carbons (Fsp3) is 0.909. The second-order valence-electron chi connectivity index (χ2n) is 4.51. The normalized spacial score (nSPS) is 32.8. The lowest BCUT2D eigenvalue weighted by Crippen LogP contribution is -2.38. The minimum Gasteiger partial charge on any atom is -0.393 e. The van der Waals surface area contributed by atoms with Gasteiger partial charge in [-0.05, 0) is 31.6 Å². The molecule has 0 aromatic carbocycles. The molecule has 0 bridgehead atoms. The number of hydrogen-bond donors (Lipinski definition) is 2. The molecule has 14 heavy (non-hydrogen) atoms. The summed E-state index contributed by atoms with van der Waals surface area (Å²) >= 11 is 0. The van der Waals surface area contributed by atoms with Gasteiger partial charge in [0.1, 0.15) is 0 Å². The van der Waals surface area contributed by atoms with Crippen LogP contribution in [0.15, 0.2) is 4.99 Å². The van der Waals surface area contributed by atoms with Crippen LogP contribution in [0, 0.1) is 5.92 Å². The summed E-state index contributed by atoms with van der Waals surface area (Å²) in [5.74, 6) is 1.87. The van der Waals surface area contributed by atoms with Gasteiger partial charge in [-0.25, -0.2) is 0 Å². The fourth-order valence-electron chi connectivity index (χ4n) is 2.15. The molecule has 0 unspecified atom stereocenters. The van der Waals surface area contributed by atoms with E-state index in [4.69, 9.17) is 5.11 Å². The SMILES string of the molecule is OC1CC(CNC2=NCCCCC2)C1. The lowest BCUT2D eigenvalue weighted by atomic mass is 9.82. The van der Waals surface area contributed by atoms with Crippen LogP contribution in [0.25, 0.3) is 0 Å². The Labute approximate surface area is 85.6 Å². The van der Waals surface area contributed by atoms with Gasteiger partial charge < -0.3 is 10.4 Å². The number of nitrogens with zero attached hydrogens (tertiary/aromatic N) is 1. The van der Waals surface area contributed by atoms with Gasteiger partial charge in [-0.3, -0.25) is 4.99 Å². The van der Waals surface area contributed by atoms with Gasteiger partial charge in [0.25, 0.3) is 0 Å². The molecule has 1 fully saturated rings. The molecule has 2 N–H and O–H groups in total. The Bertz CT molecular complexity index is 209. The smallest absolute Gasteiger partial charge is 0.0963 e. The maximum absolute atomic E-state index is 9.14. The number of aliphatic imine (C=N–C) groups is 1. The van der Waals surface area contributed by atoms with E-state index in [1.165, 1.54) is 25.1 Å². The third-order valence-electron chi connectivity index (χ3n) is 3.18. The average molecular weight is 196 g/mol. The van der Waals surface area contributed by atoms with Gasteiger partial charge >= 0.3 is 0 Å². The quantitative estimate of drug-likeness (QED) is 0.699. The van der Waals surface area contributed by atoms with Gasteiger partial charge in [-0.1, -0.05) is 6.42 Å². The van der Waals surface area contributed by atoms with Crippen LogP contribution in [-0.2, 0) is 0 Å². The zero-order valence-corrected chi connectivity index (χ0v) is 8.71. The predicted octanol–water partition coefficient (Wildman–Crippen LogP) is 1.32. The van der Waals surface area contributed by atoms with Crippen molar-refractivity contribution in [1.29, 1.82) is 0 Å². The van der Waals surface area contributed by atoms with E-state index in [9.17, 15) is 0 Å². The highest BCUT2D eigenvalue weighted by Crippen LogP contribution is 2.26. The Morgan fingerprint density at radius 2 is 2.14 bits per heavy atom. The molecule has 1 saturated carbocycles. The summed E-state index contributed by atoms with van der Waals surface area (Å²) < 4.78 is 0. The first-order valence-electron chi connectivity index (χ1n) is 5.80. The summed E-state index contributed by atoms with van der Waals surface area (Å²) in [6.07, 6.45) is 6.87. The molecule has 0 atom stereocenters. The van der Waals surface area contributed by atoms with Crippen molar-refractivity contribution in [2.24, 2.45) is 10.9 Å². The predicted molar refractivity (Wildman–Crippen MR) is 57.5 cm³/mol. The minimum absolute atomic E-state index is 0.0297. The molecule has 2 aliphatic rings. The molecule has 80 valence electrons. The maximum Gasteiger partial charge on any atom is 0.0963 e. The highest BCUT2D eigenvalue weighted by atomic mass is 16.3. The molecular weight excluding hydrogens is 176 g/mol. The van der Waals surface area contributed by atoms with Crippen molar-refractivity contribution in [3.05, 3.63) is 0 Å². The molecule has 0 radical (unpaired) electrons. The summed E-state index contributed by atoms with van der Waals surface area (Å²) in [5.41, 5.74) is 0. The van der Waals surface area contributed by atoms with Crippen molar-refractivity contribution in [3.8, 4) is 0 Å². The highest BCUT2D eigenvalue weighted by molar-refractivity contribution is 5.82. The molecule has 0 aromatic rings. The van der Waals surface area contributed by atoms with Gasteiger partial charge in [0.05, 0.1) is 11.9 Å². The Kier molecular flexibility index (Phi) is 3.40. The number of aliphatic hydroxyl groups is 1. The summed E-state index contributed by atoms with van der Waals surface area (Å²) in [7, 11) is 0. The van der Waals surface area contributed by atoms with E-state index in [1.807, 2.05) is 0 Å². The van der Waals surface area contributed by atoms with Crippen LogP contribution in [-0.4, -0.2) is 30.1 Å². The number of aliphatic hydroxyl groups excluding tert-OH is 1. The van der Waals surface area contributed by atoms with E-state index < -0.39 is 0 Å². The number of rotatable bonds is 2. The number of hydrogen-bond acceptors (Lipinski definition) is 3. The van der Waals surface area contributed by atoms with Crippen LogP contribution in [0.3, 0.4) is 0 Å². The van der Waals surface area contributed by atoms with E-state index in [-0.39, 0.29) is 6.10 Å². The fourth-order valence-corrected chi connectivity index (χ4v) is 2.15. The van der Waals surface area contributed by atoms with Gasteiger partial charge in [-0.2, -0.15) is 0 Å². The van der Waals surface area contributed by atoms with E-state index in [1.54, 1.807) is 0 Å². The molecule has 3 heteroatoms. The van der Waals surface area contributed by atoms with Crippen LogP contribution in [0.5, 0.6) is 0 Å². The standard InChI is InChI=1S/C11H20N2O/c14-10-6-9(7-10)8-13-11-4-2-1-3-5-12-11/h9-10,14H,1-8H2,(H,12,13). The Morgan fingerprint density at radius 3 is 2.93 bits per heavy atom. The molecule has 0 spiro atoms. The average Bonchev–Trinajstić information content (AvgIpc) is 2.38. The topological polar surface area (TPSA) is 44.6 Å². The van der Waals surface area contributed by atoms with Crippen molar-refractivity contribution < 1.29 is 5.11 Å². The first-order valence-corrected chi connectivity index (χ1v) is 5.80. The van der Waals surface area contributed by atoms with Gasteiger partial charge in [0.15, 0.2) is 0 Å². The van der Waals surface area contributed by atoms with Crippen LogP contribution in [0.4, 0.5) is 0 Å². The molecule has 0 saturated heterocycles. The Hall–Kier alpha value is -0.570. The van der Waals surface area contributed by atoms with E-state index in [0.717, 1.165) is 32.4 Å². The van der Waals surface area contributed by atoms with Crippen molar-refractivity contribution >= 4 is 5.84 Å². The van der Waals surface area contributed by atoms with Crippen molar-refractivity contribution in [2.75, 3.05) is 13.1 Å². The first kappa shape index (κ1) is 9.97. The van der Waals surface area contributed by atoms with Crippen molar-refractivity contribution in [3.63, 3.8) is 0 Å². The molecule has 1 heterocycles. The highest BCUT2D eigenvalue weighted by Gasteiger charge is 2.26. The zero-order chi connectivity index (χ0) is 9.80. The largest absolute Gasteiger partial charge is 0.393 e. The van der Waals surface area contributed by atoms with Crippen molar-refractivity contribution in [1.82, 2.24) is 5.32 Å². The summed E-state index contributed by atoms with van der Waals surface area (Å²) in [6.45, 7) is 2.01. The van der Waals surface area contributed by atoms with Crippen LogP contribution >= 0.6 is 0 Å². The van der Waals surface area contributed by atoms with Gasteiger partial charge in [-0.15, -0.1) is 0 Å². The van der Waals surface area contributed by atoms with Crippen molar-refractivity contribution in [2.45, 2.75) is 44.6 Å². The summed E-state index contributed by atoms with van der Waals surface area (Å²) in [4.78, 5) is 4.52. The second kappa shape index (κ2) is 4.78. The molecular formula is C11H20N2O. The molecule has 0 amide bonds. The first-order chi connectivity index (χ1) is 6.84. The van der Waals surface area contributed by atoms with Gasteiger partial charge in [0.2, 0.25) is 0 Å². The summed E-state index contributed by atoms with van der Waals surface area (Å²) in [5, 5.41) is 12.6. The molecule has 1 aliphatic carbocycles. The molecule has 2 rings (SSSR count). The maximum atomic E-state index is 9.14.